The second-order valence-corrected chi connectivity index (χ2v) is 7.73. The maximum Gasteiger partial charge on any atom is 0.277 e. The number of hydrogen-bond acceptors (Lipinski definition) is 6. The molecule has 8 nitrogen and oxygen atoms in total. The Balaban J connectivity index is 2.56. The number of carbonyl (C=O) groups is 1. The first-order valence-electron chi connectivity index (χ1n) is 8.00. The molecule has 0 fully saturated rings. The van der Waals surface area contributed by atoms with Crippen molar-refractivity contribution < 1.29 is 22.7 Å². The minimum atomic E-state index is -3.56. The molecule has 1 heterocycles. The van der Waals surface area contributed by atoms with Gasteiger partial charge in [0.2, 0.25) is 5.78 Å². The van der Waals surface area contributed by atoms with Crippen LogP contribution in [0.3, 0.4) is 0 Å². The zero-order chi connectivity index (χ0) is 19.5. The Labute approximate surface area is 151 Å². The standard InChI is InChI=1S/C17H22N2O6S/c1-5-19-17(21)13(10-18-19)15(20)12-6-7-14(26(4,22)23)16(11(12)2)25-9-8-24-3/h6-7,10,18H,5,8-9H2,1-4H3. The summed E-state index contributed by atoms with van der Waals surface area (Å²) in [5, 5.41) is 2.73. The summed E-state index contributed by atoms with van der Waals surface area (Å²) >= 11 is 0. The molecule has 9 heteroatoms. The smallest absolute Gasteiger partial charge is 0.277 e. The number of aryl methyl sites for hydroxylation is 1. The van der Waals surface area contributed by atoms with Crippen LogP contribution in [-0.4, -0.2) is 50.6 Å². The topological polar surface area (TPSA) is 107 Å². The first-order chi connectivity index (χ1) is 12.2. The van der Waals surface area contributed by atoms with E-state index in [-0.39, 0.29) is 35.0 Å². The molecule has 0 spiro atoms. The SMILES string of the molecule is CCn1[nH]cc(C(=O)c2ccc(S(C)(=O)=O)c(OCCOC)c2C)c1=O. The average molecular weight is 382 g/mol. The van der Waals surface area contributed by atoms with Gasteiger partial charge in [-0.15, -0.1) is 0 Å². The van der Waals surface area contributed by atoms with Crippen molar-refractivity contribution in [1.82, 2.24) is 9.78 Å². The number of aromatic nitrogens is 2. The number of hydrogen-bond donors (Lipinski definition) is 1. The lowest BCUT2D eigenvalue weighted by Crippen LogP contribution is -2.22. The fraction of sp³-hybridized carbons (Fsp3) is 0.412. The van der Waals surface area contributed by atoms with Crippen molar-refractivity contribution >= 4 is 15.6 Å². The molecule has 0 bridgehead atoms. The van der Waals surface area contributed by atoms with Crippen LogP contribution < -0.4 is 10.3 Å². The summed E-state index contributed by atoms with van der Waals surface area (Å²) in [7, 11) is -2.06. The molecule has 0 atom stereocenters. The number of H-pyrrole nitrogens is 1. The van der Waals surface area contributed by atoms with Gasteiger partial charge in [-0.2, -0.15) is 0 Å². The van der Waals surface area contributed by atoms with Gasteiger partial charge in [0.1, 0.15) is 22.8 Å². The highest BCUT2D eigenvalue weighted by atomic mass is 32.2. The third kappa shape index (κ3) is 3.88. The van der Waals surface area contributed by atoms with Crippen LogP contribution in [0, 0.1) is 6.92 Å². The van der Waals surface area contributed by atoms with Crippen molar-refractivity contribution in [2.24, 2.45) is 0 Å². The fourth-order valence-corrected chi connectivity index (χ4v) is 3.43. The third-order valence-corrected chi connectivity index (χ3v) is 5.07. The van der Waals surface area contributed by atoms with E-state index in [1.807, 2.05) is 0 Å². The van der Waals surface area contributed by atoms with Crippen LogP contribution in [0.2, 0.25) is 0 Å². The van der Waals surface area contributed by atoms with Gasteiger partial charge in [-0.05, 0) is 26.0 Å². The van der Waals surface area contributed by atoms with Crippen molar-refractivity contribution in [3.63, 3.8) is 0 Å². The highest BCUT2D eigenvalue weighted by Gasteiger charge is 2.24. The van der Waals surface area contributed by atoms with Crippen molar-refractivity contribution in [2.75, 3.05) is 26.6 Å². The summed E-state index contributed by atoms with van der Waals surface area (Å²) in [6.45, 7) is 4.17. The molecule has 0 saturated heterocycles. The Kier molecular flexibility index (Phi) is 6.04. The van der Waals surface area contributed by atoms with Gasteiger partial charge in [-0.1, -0.05) is 0 Å². The summed E-state index contributed by atoms with van der Waals surface area (Å²) in [5.74, 6) is -0.394. The van der Waals surface area contributed by atoms with E-state index < -0.39 is 21.2 Å². The van der Waals surface area contributed by atoms with Crippen LogP contribution in [-0.2, 0) is 21.1 Å². The molecule has 26 heavy (non-hydrogen) atoms. The van der Waals surface area contributed by atoms with E-state index in [2.05, 4.69) is 5.10 Å². The Hall–Kier alpha value is -2.39. The van der Waals surface area contributed by atoms with Crippen LogP contribution in [0.1, 0.15) is 28.4 Å². The molecular formula is C17H22N2O6S. The van der Waals surface area contributed by atoms with Gasteiger partial charge in [-0.3, -0.25) is 14.3 Å². The second-order valence-electron chi connectivity index (χ2n) is 5.74. The van der Waals surface area contributed by atoms with Crippen LogP contribution >= 0.6 is 0 Å². The predicted octanol–water partition coefficient (Wildman–Crippen LogP) is 1.16. The number of ether oxygens (including phenoxy) is 2. The second kappa shape index (κ2) is 7.88. The van der Waals surface area contributed by atoms with E-state index in [4.69, 9.17) is 9.47 Å². The average Bonchev–Trinajstić information content (AvgIpc) is 2.95. The Morgan fingerprint density at radius 1 is 1.23 bits per heavy atom. The van der Waals surface area contributed by atoms with E-state index in [9.17, 15) is 18.0 Å². The molecule has 0 saturated carbocycles. The Morgan fingerprint density at radius 3 is 2.46 bits per heavy atom. The molecule has 0 aliphatic rings. The van der Waals surface area contributed by atoms with Gasteiger partial charge in [0.25, 0.3) is 5.56 Å². The van der Waals surface area contributed by atoms with E-state index in [0.717, 1.165) is 6.26 Å². The quantitative estimate of drug-likeness (QED) is 0.542. The minimum absolute atomic E-state index is 0.00935. The highest BCUT2D eigenvalue weighted by molar-refractivity contribution is 7.90. The highest BCUT2D eigenvalue weighted by Crippen LogP contribution is 2.31. The van der Waals surface area contributed by atoms with Crippen molar-refractivity contribution in [3.05, 3.63) is 45.4 Å². The maximum absolute atomic E-state index is 12.8. The summed E-state index contributed by atoms with van der Waals surface area (Å²) in [4.78, 5) is 25.0. The predicted molar refractivity (Wildman–Crippen MR) is 95.8 cm³/mol. The molecule has 0 aliphatic carbocycles. The number of nitrogens with one attached hydrogen (secondary N) is 1. The van der Waals surface area contributed by atoms with Gasteiger partial charge in [0, 0.05) is 37.2 Å². The fourth-order valence-electron chi connectivity index (χ4n) is 2.56. The molecular weight excluding hydrogens is 360 g/mol. The zero-order valence-corrected chi connectivity index (χ0v) is 16.0. The van der Waals surface area contributed by atoms with Gasteiger partial charge in [-0.25, -0.2) is 8.42 Å². The Bertz CT molecular complexity index is 972. The first kappa shape index (κ1) is 19.9. The van der Waals surface area contributed by atoms with E-state index in [0.29, 0.717) is 12.1 Å². The van der Waals surface area contributed by atoms with Crippen molar-refractivity contribution in [3.8, 4) is 5.75 Å². The number of nitrogens with zero attached hydrogens (tertiary/aromatic N) is 1. The van der Waals surface area contributed by atoms with Gasteiger partial charge in [0.05, 0.1) is 6.61 Å². The number of rotatable bonds is 8. The Morgan fingerprint density at radius 2 is 1.92 bits per heavy atom. The zero-order valence-electron chi connectivity index (χ0n) is 15.2. The molecule has 2 aromatic rings. The molecule has 1 aromatic heterocycles. The van der Waals surface area contributed by atoms with E-state index >= 15 is 0 Å². The number of methoxy groups -OCH3 is 1. The molecule has 1 N–H and O–H groups in total. The van der Waals surface area contributed by atoms with Crippen molar-refractivity contribution in [2.45, 2.75) is 25.3 Å². The molecule has 142 valence electrons. The van der Waals surface area contributed by atoms with Crippen LogP contribution in [0.25, 0.3) is 0 Å². The maximum atomic E-state index is 12.8. The lowest BCUT2D eigenvalue weighted by atomic mass is 10.0. The van der Waals surface area contributed by atoms with Crippen molar-refractivity contribution in [1.29, 1.82) is 0 Å². The molecule has 1 aromatic carbocycles. The number of ketones is 1. The normalized spacial score (nSPS) is 11.5. The molecule has 0 aliphatic heterocycles. The number of aromatic amines is 1. The van der Waals surface area contributed by atoms with Crippen LogP contribution in [0.15, 0.2) is 28.0 Å². The third-order valence-electron chi connectivity index (χ3n) is 3.95. The lowest BCUT2D eigenvalue weighted by molar-refractivity contribution is 0.103. The van der Waals surface area contributed by atoms with E-state index in [1.165, 1.54) is 30.1 Å². The van der Waals surface area contributed by atoms with Crippen LogP contribution in [0.5, 0.6) is 5.75 Å². The van der Waals surface area contributed by atoms with Gasteiger partial charge >= 0.3 is 0 Å². The number of sulfone groups is 1. The summed E-state index contributed by atoms with van der Waals surface area (Å²) in [6.07, 6.45) is 2.42. The summed E-state index contributed by atoms with van der Waals surface area (Å²) in [6, 6.07) is 2.72. The summed E-state index contributed by atoms with van der Waals surface area (Å²) < 4.78 is 35.9. The van der Waals surface area contributed by atoms with Gasteiger partial charge in [0.15, 0.2) is 9.84 Å². The first-order valence-corrected chi connectivity index (χ1v) is 9.89. The lowest BCUT2D eigenvalue weighted by Gasteiger charge is -2.15. The van der Waals surface area contributed by atoms with Gasteiger partial charge < -0.3 is 14.6 Å². The molecule has 0 unspecified atom stereocenters. The molecule has 0 amide bonds. The number of benzene rings is 1. The number of carbonyl (C=O) groups excluding carboxylic acids is 1. The van der Waals surface area contributed by atoms with Crippen LogP contribution in [0.4, 0.5) is 0 Å². The largest absolute Gasteiger partial charge is 0.490 e. The molecule has 2 rings (SSSR count). The summed E-state index contributed by atoms with van der Waals surface area (Å²) in [5.41, 5.74) is 0.137. The molecule has 0 radical (unpaired) electrons. The monoisotopic (exact) mass is 382 g/mol. The minimum Gasteiger partial charge on any atom is -0.490 e. The van der Waals surface area contributed by atoms with E-state index in [1.54, 1.807) is 13.8 Å².